The Kier molecular flexibility index (Phi) is 5.88. The van der Waals surface area contributed by atoms with Crippen LogP contribution in [0, 0.1) is 12.3 Å². The van der Waals surface area contributed by atoms with Crippen molar-refractivity contribution in [3.63, 3.8) is 0 Å². The van der Waals surface area contributed by atoms with Crippen molar-refractivity contribution in [1.82, 2.24) is 4.98 Å². The van der Waals surface area contributed by atoms with Crippen molar-refractivity contribution in [3.8, 4) is 0 Å². The second-order valence-electron chi connectivity index (χ2n) is 6.70. The maximum atomic E-state index is 12.7. The highest BCUT2D eigenvalue weighted by molar-refractivity contribution is 7.15. The van der Waals surface area contributed by atoms with Crippen LogP contribution in [0.4, 0.5) is 17.1 Å². The van der Waals surface area contributed by atoms with Gasteiger partial charge in [-0.3, -0.25) is 19.9 Å². The Labute approximate surface area is 187 Å². The van der Waals surface area contributed by atoms with Gasteiger partial charge in [0.25, 0.3) is 17.8 Å². The normalized spacial score (nSPS) is 13.1. The van der Waals surface area contributed by atoms with Crippen LogP contribution in [0.15, 0.2) is 48.5 Å². The molecule has 8 nitrogen and oxygen atoms in total. The molecule has 158 valence electrons. The summed E-state index contributed by atoms with van der Waals surface area (Å²) in [4.78, 5) is 31.5. The van der Waals surface area contributed by atoms with Crippen molar-refractivity contribution in [2.75, 3.05) is 28.7 Å². The molecule has 2 heterocycles. The highest BCUT2D eigenvalue weighted by Crippen LogP contribution is 2.24. The second-order valence-corrected chi connectivity index (χ2v) is 8.14. The van der Waals surface area contributed by atoms with Crippen LogP contribution in [0.5, 0.6) is 0 Å². The molecule has 0 saturated carbocycles. The fourth-order valence-corrected chi connectivity index (χ4v) is 3.98. The average molecular weight is 456 g/mol. The van der Waals surface area contributed by atoms with E-state index in [1.54, 1.807) is 48.2 Å². The summed E-state index contributed by atoms with van der Waals surface area (Å²) in [5, 5.41) is 14.1. The summed E-state index contributed by atoms with van der Waals surface area (Å²) in [5.41, 5.74) is 2.48. The molecule has 1 aromatic heterocycles. The van der Waals surface area contributed by atoms with Crippen molar-refractivity contribution in [3.05, 3.63) is 69.1 Å². The number of carbonyl (C=O) groups excluding carboxylic acids is 2. The molecular weight excluding hydrogens is 438 g/mol. The number of amidine groups is 1. The summed E-state index contributed by atoms with van der Waals surface area (Å²) in [5.74, 6) is -0.736. The van der Waals surface area contributed by atoms with Crippen LogP contribution < -0.4 is 15.5 Å². The molecular formula is C21H18ClN5O3S. The molecule has 31 heavy (non-hydrogen) atoms. The zero-order valence-electron chi connectivity index (χ0n) is 16.4. The van der Waals surface area contributed by atoms with Gasteiger partial charge in [-0.1, -0.05) is 11.6 Å². The number of ether oxygens (including phenoxy) is 1. The molecule has 0 atom stereocenters. The standard InChI is InChI=1S/C21H18ClN5O3S/c1-12-17(31-20(24-12)19(29)26-14-4-2-13(22)3-5-14)18(28)25-15-6-8-16(9-7-15)27-10-11-30-21(27)23/h2-9,23H,10-11H2,1H3,(H,25,28)(H,26,29). The van der Waals surface area contributed by atoms with E-state index in [4.69, 9.17) is 21.7 Å². The van der Waals surface area contributed by atoms with E-state index in [1.807, 2.05) is 12.1 Å². The quantitative estimate of drug-likeness (QED) is 0.529. The molecule has 0 radical (unpaired) electrons. The monoisotopic (exact) mass is 455 g/mol. The summed E-state index contributed by atoms with van der Waals surface area (Å²) in [6, 6.07) is 14.0. The van der Waals surface area contributed by atoms with E-state index in [2.05, 4.69) is 15.6 Å². The molecule has 1 saturated heterocycles. The largest absolute Gasteiger partial charge is 0.463 e. The smallest absolute Gasteiger partial charge is 0.289 e. The van der Waals surface area contributed by atoms with E-state index in [1.165, 1.54) is 0 Å². The third kappa shape index (κ3) is 4.68. The van der Waals surface area contributed by atoms with Gasteiger partial charge in [0.2, 0.25) is 0 Å². The first-order chi connectivity index (χ1) is 14.9. The molecule has 4 rings (SSSR count). The van der Waals surface area contributed by atoms with Gasteiger partial charge in [-0.25, -0.2) is 4.98 Å². The van der Waals surface area contributed by atoms with E-state index >= 15 is 0 Å². The lowest BCUT2D eigenvalue weighted by molar-refractivity contribution is 0.102. The molecule has 2 amide bonds. The van der Waals surface area contributed by atoms with Gasteiger partial charge in [0.05, 0.1) is 12.2 Å². The topological polar surface area (TPSA) is 107 Å². The fraction of sp³-hybridized carbons (Fsp3) is 0.143. The highest BCUT2D eigenvalue weighted by atomic mass is 35.5. The first kappa shape index (κ1) is 20.8. The molecule has 1 fully saturated rings. The van der Waals surface area contributed by atoms with Crippen LogP contribution in [-0.2, 0) is 4.74 Å². The Morgan fingerprint density at radius 3 is 2.29 bits per heavy atom. The van der Waals surface area contributed by atoms with Crippen molar-refractivity contribution in [2.45, 2.75) is 6.92 Å². The zero-order valence-corrected chi connectivity index (χ0v) is 18.0. The minimum absolute atomic E-state index is 0.112. The molecule has 0 unspecified atom stereocenters. The lowest BCUT2D eigenvalue weighted by Gasteiger charge is -2.15. The molecule has 10 heteroatoms. The van der Waals surface area contributed by atoms with E-state index in [0.29, 0.717) is 40.1 Å². The van der Waals surface area contributed by atoms with Gasteiger partial charge in [0.15, 0.2) is 5.01 Å². The van der Waals surface area contributed by atoms with E-state index in [-0.39, 0.29) is 16.9 Å². The number of carbonyl (C=O) groups is 2. The van der Waals surface area contributed by atoms with Gasteiger partial charge in [-0.15, -0.1) is 11.3 Å². The number of nitrogens with zero attached hydrogens (tertiary/aromatic N) is 2. The Bertz CT molecular complexity index is 1140. The number of hydrogen-bond acceptors (Lipinski definition) is 6. The van der Waals surface area contributed by atoms with Gasteiger partial charge >= 0.3 is 0 Å². The number of aryl methyl sites for hydroxylation is 1. The Balaban J connectivity index is 1.43. The van der Waals surface area contributed by atoms with Gasteiger partial charge in [0, 0.05) is 22.1 Å². The van der Waals surface area contributed by atoms with Gasteiger partial charge in [0.1, 0.15) is 11.5 Å². The fourth-order valence-electron chi connectivity index (χ4n) is 2.99. The van der Waals surface area contributed by atoms with Crippen LogP contribution in [0.3, 0.4) is 0 Å². The zero-order chi connectivity index (χ0) is 22.0. The van der Waals surface area contributed by atoms with E-state index in [0.717, 1.165) is 17.0 Å². The predicted octanol–water partition coefficient (Wildman–Crippen LogP) is 4.38. The SMILES string of the molecule is Cc1nc(C(=O)Nc2ccc(Cl)cc2)sc1C(=O)Nc1ccc(N2CCOC2=N)cc1. The summed E-state index contributed by atoms with van der Waals surface area (Å²) in [6.07, 6.45) is 0. The number of amides is 2. The number of nitrogens with one attached hydrogen (secondary N) is 3. The lowest BCUT2D eigenvalue weighted by atomic mass is 10.2. The number of anilines is 3. The maximum Gasteiger partial charge on any atom is 0.289 e. The number of thiazole rings is 1. The van der Waals surface area contributed by atoms with Crippen molar-refractivity contribution in [2.24, 2.45) is 0 Å². The third-order valence-corrected chi connectivity index (χ3v) is 5.94. The molecule has 0 aliphatic carbocycles. The van der Waals surface area contributed by atoms with Crippen molar-refractivity contribution < 1.29 is 14.3 Å². The molecule has 1 aliphatic rings. The minimum Gasteiger partial charge on any atom is -0.463 e. The summed E-state index contributed by atoms with van der Waals surface area (Å²) >= 11 is 6.88. The molecule has 2 aromatic carbocycles. The maximum absolute atomic E-state index is 12.7. The van der Waals surface area contributed by atoms with Crippen molar-refractivity contribution in [1.29, 1.82) is 5.41 Å². The van der Waals surface area contributed by atoms with Crippen molar-refractivity contribution >= 4 is 57.8 Å². The molecule has 3 N–H and O–H groups in total. The number of rotatable bonds is 5. The molecule has 1 aliphatic heterocycles. The Hall–Kier alpha value is -3.43. The second kappa shape index (κ2) is 8.75. The van der Waals surface area contributed by atoms with Crippen LogP contribution >= 0.6 is 22.9 Å². The number of benzene rings is 2. The first-order valence-electron chi connectivity index (χ1n) is 9.35. The van der Waals surface area contributed by atoms with E-state index in [9.17, 15) is 9.59 Å². The number of aromatic nitrogens is 1. The predicted molar refractivity (Wildman–Crippen MR) is 122 cm³/mol. The number of hydrogen-bond donors (Lipinski definition) is 3. The van der Waals surface area contributed by atoms with E-state index < -0.39 is 5.91 Å². The van der Waals surface area contributed by atoms with Gasteiger partial charge < -0.3 is 15.4 Å². The molecule has 3 aromatic rings. The summed E-state index contributed by atoms with van der Waals surface area (Å²) in [6.45, 7) is 2.79. The van der Waals surface area contributed by atoms with Gasteiger partial charge in [-0.2, -0.15) is 0 Å². The highest BCUT2D eigenvalue weighted by Gasteiger charge is 2.21. The summed E-state index contributed by atoms with van der Waals surface area (Å²) in [7, 11) is 0. The van der Waals surface area contributed by atoms with Crippen LogP contribution in [0.2, 0.25) is 5.02 Å². The van der Waals surface area contributed by atoms with Gasteiger partial charge in [-0.05, 0) is 55.5 Å². The number of halogens is 1. The first-order valence-corrected chi connectivity index (χ1v) is 10.5. The Morgan fingerprint density at radius 2 is 1.68 bits per heavy atom. The average Bonchev–Trinajstić information content (AvgIpc) is 3.36. The third-order valence-electron chi connectivity index (χ3n) is 4.53. The summed E-state index contributed by atoms with van der Waals surface area (Å²) < 4.78 is 5.15. The minimum atomic E-state index is -0.394. The molecule has 0 spiro atoms. The molecule has 0 bridgehead atoms. The van der Waals surface area contributed by atoms with Crippen LogP contribution in [-0.4, -0.2) is 36.0 Å². The lowest BCUT2D eigenvalue weighted by Crippen LogP contribution is -2.23. The van der Waals surface area contributed by atoms with Crippen LogP contribution in [0.1, 0.15) is 25.2 Å². The van der Waals surface area contributed by atoms with Crippen LogP contribution in [0.25, 0.3) is 0 Å². The Morgan fingerprint density at radius 1 is 1.06 bits per heavy atom.